The van der Waals surface area contributed by atoms with Crippen molar-refractivity contribution in [1.82, 2.24) is 4.98 Å². The number of anilines is 1. The largest absolute Gasteiger partial charge is 0.397 e. The molecular formula is C11H12N2O. The third-order valence-electron chi connectivity index (χ3n) is 2.41. The van der Waals surface area contributed by atoms with Gasteiger partial charge in [0.25, 0.3) is 5.56 Å². The van der Waals surface area contributed by atoms with Crippen molar-refractivity contribution in [2.24, 2.45) is 0 Å². The van der Waals surface area contributed by atoms with Gasteiger partial charge in [-0.3, -0.25) is 4.79 Å². The molecule has 0 spiro atoms. The van der Waals surface area contributed by atoms with Crippen molar-refractivity contribution in [2.75, 3.05) is 5.73 Å². The molecular weight excluding hydrogens is 176 g/mol. The van der Waals surface area contributed by atoms with Gasteiger partial charge < -0.3 is 10.7 Å². The van der Waals surface area contributed by atoms with Gasteiger partial charge in [0, 0.05) is 16.5 Å². The highest BCUT2D eigenvalue weighted by atomic mass is 16.1. The van der Waals surface area contributed by atoms with Gasteiger partial charge in [-0.2, -0.15) is 0 Å². The topological polar surface area (TPSA) is 58.9 Å². The molecule has 0 aliphatic carbocycles. The number of benzene rings is 1. The van der Waals surface area contributed by atoms with Gasteiger partial charge in [-0.1, -0.05) is 11.6 Å². The smallest absolute Gasteiger partial charge is 0.256 e. The van der Waals surface area contributed by atoms with E-state index < -0.39 is 0 Å². The summed E-state index contributed by atoms with van der Waals surface area (Å²) in [5.41, 5.74) is 8.30. The van der Waals surface area contributed by atoms with E-state index in [-0.39, 0.29) is 5.56 Å². The molecule has 0 unspecified atom stereocenters. The summed E-state index contributed by atoms with van der Waals surface area (Å²) in [4.78, 5) is 14.3. The number of fused-ring (bicyclic) bond motifs is 1. The number of pyridine rings is 1. The van der Waals surface area contributed by atoms with Crippen LogP contribution in [0.4, 0.5) is 5.69 Å². The van der Waals surface area contributed by atoms with Crippen LogP contribution in [0.3, 0.4) is 0 Å². The molecule has 2 aromatic rings. The highest BCUT2D eigenvalue weighted by Crippen LogP contribution is 2.20. The van der Waals surface area contributed by atoms with Crippen molar-refractivity contribution in [1.29, 1.82) is 0 Å². The van der Waals surface area contributed by atoms with Crippen LogP contribution in [0.25, 0.3) is 10.8 Å². The number of aromatic amines is 1. The Labute approximate surface area is 81.6 Å². The molecule has 0 aliphatic heterocycles. The maximum absolute atomic E-state index is 11.6. The number of nitrogens with one attached hydrogen (secondary N) is 1. The van der Waals surface area contributed by atoms with E-state index in [0.717, 1.165) is 16.6 Å². The Hall–Kier alpha value is -1.77. The number of nitrogens with two attached hydrogens (primary N) is 1. The van der Waals surface area contributed by atoms with Crippen LogP contribution in [0.5, 0.6) is 0 Å². The van der Waals surface area contributed by atoms with Crippen LogP contribution in [0, 0.1) is 13.8 Å². The maximum atomic E-state index is 11.6. The predicted molar refractivity (Wildman–Crippen MR) is 58.5 cm³/mol. The molecule has 0 saturated heterocycles. The lowest BCUT2D eigenvalue weighted by molar-refractivity contribution is 1.17. The zero-order valence-corrected chi connectivity index (χ0v) is 8.22. The van der Waals surface area contributed by atoms with Gasteiger partial charge in [0.15, 0.2) is 0 Å². The van der Waals surface area contributed by atoms with E-state index in [1.54, 1.807) is 13.0 Å². The average Bonchev–Trinajstić information content (AvgIpc) is 2.14. The first-order valence-electron chi connectivity index (χ1n) is 4.48. The van der Waals surface area contributed by atoms with Crippen molar-refractivity contribution >= 4 is 16.5 Å². The van der Waals surface area contributed by atoms with Gasteiger partial charge in [0.05, 0.1) is 5.69 Å². The second-order valence-corrected chi connectivity index (χ2v) is 3.54. The molecule has 3 heteroatoms. The summed E-state index contributed by atoms with van der Waals surface area (Å²) in [5.74, 6) is 0. The highest BCUT2D eigenvalue weighted by Gasteiger charge is 2.04. The monoisotopic (exact) mass is 188 g/mol. The van der Waals surface area contributed by atoms with Crippen LogP contribution in [-0.4, -0.2) is 4.98 Å². The first kappa shape index (κ1) is 8.81. The van der Waals surface area contributed by atoms with Crippen molar-refractivity contribution in [3.8, 4) is 0 Å². The van der Waals surface area contributed by atoms with Crippen LogP contribution in [0.15, 0.2) is 23.0 Å². The minimum Gasteiger partial charge on any atom is -0.397 e. The predicted octanol–water partition coefficient (Wildman–Crippen LogP) is 1.73. The zero-order valence-electron chi connectivity index (χ0n) is 8.22. The molecule has 0 atom stereocenters. The number of rotatable bonds is 0. The lowest BCUT2D eigenvalue weighted by atomic mass is 10.1. The third-order valence-corrected chi connectivity index (χ3v) is 2.41. The molecule has 72 valence electrons. The van der Waals surface area contributed by atoms with Gasteiger partial charge in [0.2, 0.25) is 0 Å². The summed E-state index contributed by atoms with van der Waals surface area (Å²) < 4.78 is 0. The van der Waals surface area contributed by atoms with Crippen molar-refractivity contribution in [2.45, 2.75) is 13.8 Å². The van der Waals surface area contributed by atoms with E-state index >= 15 is 0 Å². The molecule has 1 heterocycles. The molecule has 2 rings (SSSR count). The molecule has 0 amide bonds. The van der Waals surface area contributed by atoms with Gasteiger partial charge in [-0.15, -0.1) is 0 Å². The summed E-state index contributed by atoms with van der Waals surface area (Å²) in [6.45, 7) is 3.79. The summed E-state index contributed by atoms with van der Waals surface area (Å²) in [6.07, 6.45) is 0. The number of aromatic nitrogens is 1. The molecule has 0 saturated carbocycles. The van der Waals surface area contributed by atoms with Crippen LogP contribution in [0.1, 0.15) is 11.3 Å². The Morgan fingerprint density at radius 1 is 1.21 bits per heavy atom. The molecule has 0 aliphatic rings. The Balaban J connectivity index is 3.03. The van der Waals surface area contributed by atoms with Crippen LogP contribution >= 0.6 is 0 Å². The molecule has 1 aromatic carbocycles. The van der Waals surface area contributed by atoms with Crippen LogP contribution in [-0.2, 0) is 0 Å². The standard InChI is InChI=1S/C11H12N2O/c1-6-3-4-8-9(5-6)10(12)7(2)13-11(8)14/h3-5H,12H2,1-2H3,(H,13,14). The minimum absolute atomic E-state index is 0.0771. The number of aryl methyl sites for hydroxylation is 2. The first-order chi connectivity index (χ1) is 6.59. The van der Waals surface area contributed by atoms with E-state index in [2.05, 4.69) is 4.98 Å². The Kier molecular flexibility index (Phi) is 1.81. The van der Waals surface area contributed by atoms with Gasteiger partial charge in [0.1, 0.15) is 0 Å². The minimum atomic E-state index is -0.0771. The fraction of sp³-hybridized carbons (Fsp3) is 0.182. The number of H-pyrrole nitrogens is 1. The number of hydrogen-bond acceptors (Lipinski definition) is 2. The van der Waals surface area contributed by atoms with Crippen LogP contribution in [0.2, 0.25) is 0 Å². The van der Waals surface area contributed by atoms with Gasteiger partial charge in [-0.05, 0) is 26.0 Å². The second kappa shape index (κ2) is 2.87. The number of nitrogen functional groups attached to an aromatic ring is 1. The van der Waals surface area contributed by atoms with Crippen LogP contribution < -0.4 is 11.3 Å². The van der Waals surface area contributed by atoms with E-state index in [1.807, 2.05) is 19.1 Å². The summed E-state index contributed by atoms with van der Waals surface area (Å²) in [5, 5.41) is 1.49. The summed E-state index contributed by atoms with van der Waals surface area (Å²) in [7, 11) is 0. The lowest BCUT2D eigenvalue weighted by Gasteiger charge is -2.05. The van der Waals surface area contributed by atoms with Crippen molar-refractivity contribution in [3.05, 3.63) is 39.8 Å². The van der Waals surface area contributed by atoms with E-state index in [9.17, 15) is 4.79 Å². The lowest BCUT2D eigenvalue weighted by Crippen LogP contribution is -2.10. The molecule has 0 radical (unpaired) electrons. The van der Waals surface area contributed by atoms with Gasteiger partial charge in [-0.25, -0.2) is 0 Å². The molecule has 3 N–H and O–H groups in total. The third kappa shape index (κ3) is 1.18. The fourth-order valence-corrected chi connectivity index (χ4v) is 1.59. The SMILES string of the molecule is Cc1ccc2c(=O)[nH]c(C)c(N)c2c1. The van der Waals surface area contributed by atoms with Crippen molar-refractivity contribution < 1.29 is 0 Å². The highest BCUT2D eigenvalue weighted by molar-refractivity contribution is 5.93. The fourth-order valence-electron chi connectivity index (χ4n) is 1.59. The summed E-state index contributed by atoms with van der Waals surface area (Å²) >= 11 is 0. The van der Waals surface area contributed by atoms with E-state index in [4.69, 9.17) is 5.73 Å². The Bertz CT molecular complexity index is 555. The normalized spacial score (nSPS) is 10.7. The first-order valence-corrected chi connectivity index (χ1v) is 4.48. The second-order valence-electron chi connectivity index (χ2n) is 3.54. The Morgan fingerprint density at radius 2 is 1.93 bits per heavy atom. The van der Waals surface area contributed by atoms with Crippen molar-refractivity contribution in [3.63, 3.8) is 0 Å². The quantitative estimate of drug-likeness (QED) is 0.661. The average molecular weight is 188 g/mol. The molecule has 1 aromatic heterocycles. The number of hydrogen-bond donors (Lipinski definition) is 2. The van der Waals surface area contributed by atoms with E-state index in [1.165, 1.54) is 0 Å². The Morgan fingerprint density at radius 3 is 2.64 bits per heavy atom. The zero-order chi connectivity index (χ0) is 10.3. The van der Waals surface area contributed by atoms with E-state index in [0.29, 0.717) is 11.1 Å². The summed E-state index contributed by atoms with van der Waals surface area (Å²) in [6, 6.07) is 5.65. The molecule has 0 bridgehead atoms. The molecule has 3 nitrogen and oxygen atoms in total. The van der Waals surface area contributed by atoms with Gasteiger partial charge >= 0.3 is 0 Å². The maximum Gasteiger partial charge on any atom is 0.256 e. The molecule has 14 heavy (non-hydrogen) atoms. The molecule has 0 fully saturated rings.